The maximum absolute atomic E-state index is 14.3. The molecule has 1 aromatic heterocycles. The lowest BCUT2D eigenvalue weighted by molar-refractivity contribution is -0.120. The van der Waals surface area contributed by atoms with Gasteiger partial charge in [0.2, 0.25) is 0 Å². The monoisotopic (exact) mass is 534 g/mol. The largest absolute Gasteiger partial charge is 0.376 e. The van der Waals surface area contributed by atoms with Gasteiger partial charge >= 0.3 is 6.03 Å². The van der Waals surface area contributed by atoms with E-state index in [0.29, 0.717) is 30.8 Å². The Kier molecular flexibility index (Phi) is 5.93. The van der Waals surface area contributed by atoms with E-state index in [2.05, 4.69) is 16.4 Å². The molecule has 4 amide bonds. The summed E-state index contributed by atoms with van der Waals surface area (Å²) in [5.74, 6) is -0.651. The van der Waals surface area contributed by atoms with Crippen molar-refractivity contribution in [1.29, 1.82) is 0 Å². The van der Waals surface area contributed by atoms with Crippen LogP contribution < -0.4 is 10.2 Å². The molecule has 0 unspecified atom stereocenters. The van der Waals surface area contributed by atoms with E-state index in [1.165, 1.54) is 4.90 Å². The summed E-state index contributed by atoms with van der Waals surface area (Å²) in [7, 11) is 0. The number of rotatable bonds is 5. The Bertz CT molecular complexity index is 1650. The van der Waals surface area contributed by atoms with Crippen LogP contribution in [0.5, 0.6) is 0 Å². The second-order valence-corrected chi connectivity index (χ2v) is 10.8. The number of nitrogens with one attached hydrogen (secondary N) is 2. The molecule has 3 atom stereocenters. The first-order chi connectivity index (χ1) is 19.5. The number of nitrogens with zero attached hydrogens (tertiary/aromatic N) is 2. The van der Waals surface area contributed by atoms with Gasteiger partial charge in [-0.15, -0.1) is 0 Å². The van der Waals surface area contributed by atoms with E-state index in [4.69, 9.17) is 4.74 Å². The first-order valence-electron chi connectivity index (χ1n) is 13.8. The van der Waals surface area contributed by atoms with Gasteiger partial charge in [0.1, 0.15) is 12.1 Å². The number of carbonyl (C=O) groups is 3. The molecule has 2 N–H and O–H groups in total. The van der Waals surface area contributed by atoms with Crippen LogP contribution in [0, 0.1) is 6.92 Å². The lowest BCUT2D eigenvalue weighted by Crippen LogP contribution is -2.44. The van der Waals surface area contributed by atoms with Crippen molar-refractivity contribution in [2.24, 2.45) is 0 Å². The molecule has 2 fully saturated rings. The number of hydrogen-bond acceptors (Lipinski definition) is 4. The van der Waals surface area contributed by atoms with E-state index >= 15 is 0 Å². The average Bonchev–Trinajstić information content (AvgIpc) is 3.69. The normalized spacial score (nSPS) is 22.1. The number of para-hydroxylation sites is 2. The van der Waals surface area contributed by atoms with Gasteiger partial charge in [-0.05, 0) is 54.7 Å². The third-order valence-corrected chi connectivity index (χ3v) is 8.44. The summed E-state index contributed by atoms with van der Waals surface area (Å²) in [6.45, 7) is 3.11. The number of benzene rings is 3. The molecule has 3 aliphatic rings. The standard InChI is InChI=1S/C32H30N4O4/c1-19-9-2-3-11-21(19)29-28-24(22-12-4-6-14-25(22)34-28)17-27-31(38)36(32(39)35(27)29)26-15-7-5-13-23(26)30(37)33-18-20-10-8-16-40-20/h2-7,9,11-15,20,27,29,34H,8,10,16-18H2,1H3,(H,33,37)/t20-,27+,29-/m1/s1. The predicted octanol–water partition coefficient (Wildman–Crippen LogP) is 4.87. The number of anilines is 1. The minimum Gasteiger partial charge on any atom is -0.376 e. The lowest BCUT2D eigenvalue weighted by atomic mass is 9.87. The molecule has 8 heteroatoms. The van der Waals surface area contributed by atoms with Crippen molar-refractivity contribution in [3.05, 3.63) is 101 Å². The summed E-state index contributed by atoms with van der Waals surface area (Å²) in [6.07, 6.45) is 2.26. The van der Waals surface area contributed by atoms with Gasteiger partial charge in [0.15, 0.2) is 0 Å². The van der Waals surface area contributed by atoms with Crippen LogP contribution in [-0.4, -0.2) is 53.0 Å². The smallest absolute Gasteiger partial charge is 0.332 e. The Hall–Kier alpha value is -4.43. The van der Waals surface area contributed by atoms with Crippen LogP contribution in [0.3, 0.4) is 0 Å². The number of aromatic amines is 1. The molecule has 0 bridgehead atoms. The van der Waals surface area contributed by atoms with E-state index in [9.17, 15) is 14.4 Å². The molecular weight excluding hydrogens is 504 g/mol. The summed E-state index contributed by atoms with van der Waals surface area (Å²) in [5, 5.41) is 4.00. The van der Waals surface area contributed by atoms with Crippen molar-refractivity contribution in [2.75, 3.05) is 18.1 Å². The molecule has 2 saturated heterocycles. The number of amides is 4. The van der Waals surface area contributed by atoms with Gasteiger partial charge in [-0.3, -0.25) is 14.5 Å². The second kappa shape index (κ2) is 9.64. The van der Waals surface area contributed by atoms with Crippen LogP contribution >= 0.6 is 0 Å². The zero-order valence-corrected chi connectivity index (χ0v) is 22.2. The number of carbonyl (C=O) groups excluding carboxylic acids is 3. The maximum atomic E-state index is 14.3. The van der Waals surface area contributed by atoms with E-state index in [1.807, 2.05) is 49.4 Å². The molecule has 7 rings (SSSR count). The van der Waals surface area contributed by atoms with E-state index in [-0.39, 0.29) is 17.9 Å². The van der Waals surface area contributed by atoms with E-state index < -0.39 is 18.1 Å². The highest BCUT2D eigenvalue weighted by Gasteiger charge is 2.53. The van der Waals surface area contributed by atoms with Crippen LogP contribution in [-0.2, 0) is 16.0 Å². The molecular formula is C32H30N4O4. The Morgan fingerprint density at radius 1 is 1.02 bits per heavy atom. The number of fused-ring (bicyclic) bond motifs is 4. The SMILES string of the molecule is Cc1ccccc1[C@@H]1c2[nH]c3ccccc3c2C[C@H]2C(=O)N(c3ccccc3C(=O)NC[C@H]3CCCO3)C(=O)N12. The van der Waals surface area contributed by atoms with Crippen molar-refractivity contribution < 1.29 is 19.1 Å². The van der Waals surface area contributed by atoms with Gasteiger partial charge in [-0.25, -0.2) is 9.69 Å². The number of imide groups is 1. The maximum Gasteiger partial charge on any atom is 0.332 e. The number of ether oxygens (including phenoxy) is 1. The summed E-state index contributed by atoms with van der Waals surface area (Å²) in [6, 6.07) is 21.3. The number of aryl methyl sites for hydroxylation is 1. The van der Waals surface area contributed by atoms with Crippen molar-refractivity contribution in [2.45, 2.75) is 44.4 Å². The zero-order valence-electron chi connectivity index (χ0n) is 22.2. The summed E-state index contributed by atoms with van der Waals surface area (Å²) in [4.78, 5) is 48.2. The van der Waals surface area contributed by atoms with Gasteiger partial charge in [0.05, 0.1) is 17.4 Å². The molecule has 8 nitrogen and oxygen atoms in total. The molecule has 202 valence electrons. The van der Waals surface area contributed by atoms with Gasteiger partial charge in [0, 0.05) is 36.2 Å². The Morgan fingerprint density at radius 2 is 1.80 bits per heavy atom. The average molecular weight is 535 g/mol. The fourth-order valence-corrected chi connectivity index (χ4v) is 6.48. The highest BCUT2D eigenvalue weighted by Crippen LogP contribution is 2.45. The van der Waals surface area contributed by atoms with Crippen LogP contribution in [0.15, 0.2) is 72.8 Å². The molecule has 3 aliphatic heterocycles. The second-order valence-electron chi connectivity index (χ2n) is 10.8. The topological polar surface area (TPSA) is 94.7 Å². The summed E-state index contributed by atoms with van der Waals surface area (Å²) >= 11 is 0. The number of aromatic nitrogens is 1. The third kappa shape index (κ3) is 3.82. The molecule has 4 heterocycles. The van der Waals surface area contributed by atoms with Gasteiger partial charge in [-0.2, -0.15) is 0 Å². The first-order valence-corrected chi connectivity index (χ1v) is 13.8. The molecule has 4 aromatic rings. The lowest BCUT2D eigenvalue weighted by Gasteiger charge is -2.36. The fraction of sp³-hybridized carbons (Fsp3) is 0.281. The summed E-state index contributed by atoms with van der Waals surface area (Å²) in [5.41, 5.74) is 5.55. The summed E-state index contributed by atoms with van der Waals surface area (Å²) < 4.78 is 5.64. The number of urea groups is 1. The first kappa shape index (κ1) is 24.6. The van der Waals surface area contributed by atoms with Crippen LogP contribution in [0.25, 0.3) is 10.9 Å². The molecule has 0 radical (unpaired) electrons. The van der Waals surface area contributed by atoms with Crippen molar-refractivity contribution >= 4 is 34.4 Å². The zero-order chi connectivity index (χ0) is 27.4. The van der Waals surface area contributed by atoms with Gasteiger partial charge in [-0.1, -0.05) is 54.6 Å². The van der Waals surface area contributed by atoms with Crippen molar-refractivity contribution in [1.82, 2.24) is 15.2 Å². The molecule has 0 aliphatic carbocycles. The highest BCUT2D eigenvalue weighted by atomic mass is 16.5. The Morgan fingerprint density at radius 3 is 2.62 bits per heavy atom. The molecule has 40 heavy (non-hydrogen) atoms. The highest BCUT2D eigenvalue weighted by molar-refractivity contribution is 6.24. The van der Waals surface area contributed by atoms with Crippen LogP contribution in [0.4, 0.5) is 10.5 Å². The Balaban J connectivity index is 1.30. The number of hydrogen-bond donors (Lipinski definition) is 2. The van der Waals surface area contributed by atoms with Crippen molar-refractivity contribution in [3.8, 4) is 0 Å². The quantitative estimate of drug-likeness (QED) is 0.357. The minimum atomic E-state index is -0.688. The molecule has 3 aromatic carbocycles. The predicted molar refractivity (Wildman–Crippen MR) is 151 cm³/mol. The van der Waals surface area contributed by atoms with Gasteiger partial charge in [0.25, 0.3) is 11.8 Å². The molecule has 0 spiro atoms. The molecule has 0 saturated carbocycles. The fourth-order valence-electron chi connectivity index (χ4n) is 6.48. The number of H-pyrrole nitrogens is 1. The van der Waals surface area contributed by atoms with E-state index in [1.54, 1.807) is 29.2 Å². The van der Waals surface area contributed by atoms with Gasteiger partial charge < -0.3 is 15.0 Å². The third-order valence-electron chi connectivity index (χ3n) is 8.44. The van der Waals surface area contributed by atoms with E-state index in [0.717, 1.165) is 46.1 Å². The minimum absolute atomic E-state index is 0.0150. The van der Waals surface area contributed by atoms with Crippen LogP contribution in [0.1, 0.15) is 51.6 Å². The Labute approximate surface area is 231 Å². The van der Waals surface area contributed by atoms with Crippen molar-refractivity contribution in [3.63, 3.8) is 0 Å². The van der Waals surface area contributed by atoms with Crippen LogP contribution in [0.2, 0.25) is 0 Å².